The Kier molecular flexibility index (Phi) is 4.58. The predicted molar refractivity (Wildman–Crippen MR) is 64.2 cm³/mol. The maximum atomic E-state index is 9.77. The van der Waals surface area contributed by atoms with Crippen molar-refractivity contribution >= 4 is 11.6 Å². The van der Waals surface area contributed by atoms with Crippen LogP contribution in [0.25, 0.3) is 0 Å². The van der Waals surface area contributed by atoms with Crippen LogP contribution in [-0.4, -0.2) is 17.3 Å². The Bertz CT molecular complexity index is 327. The Labute approximate surface area is 96.1 Å². The van der Waals surface area contributed by atoms with Gasteiger partial charge in [-0.05, 0) is 37.0 Å². The number of hydrogen-bond acceptors (Lipinski definition) is 2. The lowest BCUT2D eigenvalue weighted by molar-refractivity contribution is 0.142. The maximum Gasteiger partial charge on any atom is 0.0731 e. The number of aryl methyl sites for hydroxylation is 1. The first-order valence-electron chi connectivity index (χ1n) is 5.23. The van der Waals surface area contributed by atoms with Crippen LogP contribution in [0.3, 0.4) is 0 Å². The molecule has 0 saturated heterocycles. The van der Waals surface area contributed by atoms with Crippen molar-refractivity contribution in [2.45, 2.75) is 38.8 Å². The average molecular weight is 228 g/mol. The van der Waals surface area contributed by atoms with Crippen LogP contribution in [0.1, 0.15) is 24.5 Å². The molecule has 0 aliphatic heterocycles. The molecule has 2 atom stereocenters. The van der Waals surface area contributed by atoms with Crippen LogP contribution in [-0.2, 0) is 6.42 Å². The molecule has 15 heavy (non-hydrogen) atoms. The summed E-state index contributed by atoms with van der Waals surface area (Å²) in [6.07, 6.45) is 0.899. The minimum Gasteiger partial charge on any atom is -0.391 e. The topological polar surface area (TPSA) is 46.2 Å². The lowest BCUT2D eigenvalue weighted by Gasteiger charge is -2.17. The van der Waals surface area contributed by atoms with Gasteiger partial charge < -0.3 is 10.8 Å². The molecule has 3 heteroatoms. The lowest BCUT2D eigenvalue weighted by atomic mass is 10.00. The van der Waals surface area contributed by atoms with Gasteiger partial charge in [-0.1, -0.05) is 30.7 Å². The first-order chi connectivity index (χ1) is 7.04. The van der Waals surface area contributed by atoms with E-state index in [0.29, 0.717) is 6.42 Å². The van der Waals surface area contributed by atoms with E-state index in [0.717, 1.165) is 22.6 Å². The smallest absolute Gasteiger partial charge is 0.0731 e. The second kappa shape index (κ2) is 5.50. The predicted octanol–water partition coefficient (Wildman–Crippen LogP) is 2.29. The van der Waals surface area contributed by atoms with Gasteiger partial charge in [0.05, 0.1) is 6.10 Å². The van der Waals surface area contributed by atoms with Crippen molar-refractivity contribution in [2.75, 3.05) is 0 Å². The van der Waals surface area contributed by atoms with Gasteiger partial charge in [-0.15, -0.1) is 0 Å². The molecule has 0 fully saturated rings. The van der Waals surface area contributed by atoms with E-state index in [1.54, 1.807) is 0 Å². The molecule has 2 nitrogen and oxygen atoms in total. The van der Waals surface area contributed by atoms with Gasteiger partial charge >= 0.3 is 0 Å². The van der Waals surface area contributed by atoms with Crippen molar-refractivity contribution in [3.8, 4) is 0 Å². The zero-order valence-corrected chi connectivity index (χ0v) is 9.96. The highest BCUT2D eigenvalue weighted by atomic mass is 35.5. The Hall–Kier alpha value is -0.570. The van der Waals surface area contributed by atoms with E-state index in [4.69, 9.17) is 17.3 Å². The zero-order valence-electron chi connectivity index (χ0n) is 9.20. The summed E-state index contributed by atoms with van der Waals surface area (Å²) in [6.45, 7) is 3.93. The molecule has 0 radical (unpaired) electrons. The second-order valence-corrected chi connectivity index (χ2v) is 4.33. The van der Waals surface area contributed by atoms with E-state index in [-0.39, 0.29) is 6.04 Å². The number of halogens is 1. The molecule has 1 aromatic carbocycles. The van der Waals surface area contributed by atoms with Crippen LogP contribution in [0, 0.1) is 6.92 Å². The van der Waals surface area contributed by atoms with Crippen LogP contribution >= 0.6 is 11.6 Å². The van der Waals surface area contributed by atoms with Gasteiger partial charge in [0, 0.05) is 11.1 Å². The molecule has 84 valence electrons. The van der Waals surface area contributed by atoms with E-state index in [1.807, 2.05) is 32.0 Å². The van der Waals surface area contributed by atoms with Crippen LogP contribution < -0.4 is 5.73 Å². The van der Waals surface area contributed by atoms with Crippen molar-refractivity contribution in [1.82, 2.24) is 0 Å². The molecule has 0 heterocycles. The average Bonchev–Trinajstić information content (AvgIpc) is 2.22. The third-order valence-corrected chi connectivity index (χ3v) is 3.06. The third-order valence-electron chi connectivity index (χ3n) is 2.63. The molecule has 1 aromatic rings. The van der Waals surface area contributed by atoms with Gasteiger partial charge in [-0.3, -0.25) is 0 Å². The van der Waals surface area contributed by atoms with Crippen LogP contribution in [0.5, 0.6) is 0 Å². The zero-order chi connectivity index (χ0) is 11.4. The number of nitrogens with two attached hydrogens (primary N) is 1. The summed E-state index contributed by atoms with van der Waals surface area (Å²) >= 11 is 5.92. The normalized spacial score (nSPS) is 15.0. The molecule has 0 saturated carbocycles. The lowest BCUT2D eigenvalue weighted by Crippen LogP contribution is -2.35. The third kappa shape index (κ3) is 3.49. The summed E-state index contributed by atoms with van der Waals surface area (Å²) in [4.78, 5) is 0. The summed E-state index contributed by atoms with van der Waals surface area (Å²) in [6, 6.07) is 5.63. The van der Waals surface area contributed by atoms with E-state index in [2.05, 4.69) is 0 Å². The highest BCUT2D eigenvalue weighted by molar-refractivity contribution is 6.31. The second-order valence-electron chi connectivity index (χ2n) is 3.93. The standard InChI is InChI=1S/C12H18ClNO/c1-3-11(14)12(15)7-9-4-5-10(13)8(2)6-9/h4-6,11-12,15H,3,7,14H2,1-2H3/t11-,12?/m0/s1. The molecular weight excluding hydrogens is 210 g/mol. The number of aliphatic hydroxyl groups is 1. The quantitative estimate of drug-likeness (QED) is 0.829. The van der Waals surface area contributed by atoms with E-state index in [9.17, 15) is 5.11 Å². The van der Waals surface area contributed by atoms with Gasteiger partial charge in [-0.2, -0.15) is 0 Å². The Morgan fingerprint density at radius 1 is 1.47 bits per heavy atom. The highest BCUT2D eigenvalue weighted by Gasteiger charge is 2.13. The molecular formula is C12H18ClNO. The minimum atomic E-state index is -0.476. The monoisotopic (exact) mass is 227 g/mol. The molecule has 3 N–H and O–H groups in total. The van der Waals surface area contributed by atoms with Crippen molar-refractivity contribution in [3.05, 3.63) is 34.3 Å². The molecule has 0 aliphatic carbocycles. The first kappa shape index (κ1) is 12.5. The van der Waals surface area contributed by atoms with Gasteiger partial charge in [0.15, 0.2) is 0 Å². The highest BCUT2D eigenvalue weighted by Crippen LogP contribution is 2.17. The fraction of sp³-hybridized carbons (Fsp3) is 0.500. The summed E-state index contributed by atoms with van der Waals surface area (Å²) < 4.78 is 0. The van der Waals surface area contributed by atoms with Gasteiger partial charge in [-0.25, -0.2) is 0 Å². The summed E-state index contributed by atoms with van der Waals surface area (Å²) in [7, 11) is 0. The van der Waals surface area contributed by atoms with E-state index < -0.39 is 6.10 Å². The van der Waals surface area contributed by atoms with Crippen molar-refractivity contribution in [3.63, 3.8) is 0 Å². The van der Waals surface area contributed by atoms with Gasteiger partial charge in [0.2, 0.25) is 0 Å². The molecule has 1 unspecified atom stereocenters. The van der Waals surface area contributed by atoms with Crippen LogP contribution in [0.15, 0.2) is 18.2 Å². The van der Waals surface area contributed by atoms with Gasteiger partial charge in [0.1, 0.15) is 0 Å². The molecule has 0 spiro atoms. The summed E-state index contributed by atoms with van der Waals surface area (Å²) in [5, 5.41) is 10.5. The Balaban J connectivity index is 2.68. The fourth-order valence-corrected chi connectivity index (χ4v) is 1.62. The summed E-state index contributed by atoms with van der Waals surface area (Å²) in [5.41, 5.74) is 7.87. The summed E-state index contributed by atoms with van der Waals surface area (Å²) in [5.74, 6) is 0. The van der Waals surface area contributed by atoms with Gasteiger partial charge in [0.25, 0.3) is 0 Å². The van der Waals surface area contributed by atoms with E-state index >= 15 is 0 Å². The molecule has 0 amide bonds. The molecule has 0 bridgehead atoms. The van der Waals surface area contributed by atoms with E-state index in [1.165, 1.54) is 0 Å². The Morgan fingerprint density at radius 3 is 2.67 bits per heavy atom. The first-order valence-corrected chi connectivity index (χ1v) is 5.61. The van der Waals surface area contributed by atoms with Crippen LogP contribution in [0.4, 0.5) is 0 Å². The van der Waals surface area contributed by atoms with Crippen molar-refractivity contribution in [2.24, 2.45) is 5.73 Å². The minimum absolute atomic E-state index is 0.152. The molecule has 0 aliphatic rings. The molecule has 0 aromatic heterocycles. The van der Waals surface area contributed by atoms with Crippen molar-refractivity contribution in [1.29, 1.82) is 0 Å². The number of hydrogen-bond donors (Lipinski definition) is 2. The molecule has 1 rings (SSSR count). The number of benzene rings is 1. The fourth-order valence-electron chi connectivity index (χ4n) is 1.50. The Morgan fingerprint density at radius 2 is 2.13 bits per heavy atom. The number of rotatable bonds is 4. The van der Waals surface area contributed by atoms with Crippen molar-refractivity contribution < 1.29 is 5.11 Å². The number of aliphatic hydroxyl groups excluding tert-OH is 1. The largest absolute Gasteiger partial charge is 0.391 e. The SMILES string of the molecule is CC[C@H](N)C(O)Cc1ccc(Cl)c(C)c1. The maximum absolute atomic E-state index is 9.77. The van der Waals surface area contributed by atoms with Crippen LogP contribution in [0.2, 0.25) is 5.02 Å².